The van der Waals surface area contributed by atoms with Crippen molar-refractivity contribution in [1.82, 2.24) is 0 Å². The van der Waals surface area contributed by atoms with Gasteiger partial charge in [-0.05, 0) is 59.3 Å². The fourth-order valence-corrected chi connectivity index (χ4v) is 7.36. The number of aromatic hydroxyl groups is 1. The van der Waals surface area contributed by atoms with Crippen LogP contribution in [0.2, 0.25) is 0 Å². The smallest absolute Gasteiger partial charge is 0.744 e. The Morgan fingerprint density at radius 3 is 2.05 bits per heavy atom. The van der Waals surface area contributed by atoms with Gasteiger partial charge in [0.15, 0.2) is 5.75 Å². The third-order valence-corrected chi connectivity index (χ3v) is 10.3. The van der Waals surface area contributed by atoms with E-state index in [1.807, 2.05) is 0 Å². The van der Waals surface area contributed by atoms with Gasteiger partial charge in [-0.3, -0.25) is 19.7 Å². The van der Waals surface area contributed by atoms with Gasteiger partial charge in [-0.25, -0.2) is 16.8 Å². The molecule has 0 heterocycles. The molecular weight excluding hydrogens is 850 g/mol. The van der Waals surface area contributed by atoms with Crippen LogP contribution in [-0.4, -0.2) is 54.2 Å². The van der Waals surface area contributed by atoms with Crippen molar-refractivity contribution in [1.29, 1.82) is 0 Å². The molecule has 0 bridgehead atoms. The van der Waals surface area contributed by atoms with Crippen LogP contribution in [0.25, 0.3) is 21.5 Å². The zero-order valence-electron chi connectivity index (χ0n) is 30.2. The fraction of sp³-hybridized carbons (Fsp3) is 0.0345. The van der Waals surface area contributed by atoms with Crippen molar-refractivity contribution in [3.63, 3.8) is 0 Å². The Bertz CT molecular complexity index is 2470. The summed E-state index contributed by atoms with van der Waals surface area (Å²) in [6.07, 6.45) is 0. The monoisotopic (exact) mass is 869 g/mol. The van der Waals surface area contributed by atoms with Crippen LogP contribution < -0.4 is 91.3 Å². The van der Waals surface area contributed by atoms with Crippen LogP contribution in [-0.2, 0) is 48.0 Å². The number of nitrogens with one attached hydrogen (secondary N) is 1. The Morgan fingerprint density at radius 2 is 1.43 bits per heavy atom. The molecule has 0 aromatic heterocycles. The molecule has 5 rings (SSSR count). The Kier molecular flexibility index (Phi) is 24.1. The predicted octanol–water partition coefficient (Wildman–Crippen LogP) is -8.98. The van der Waals surface area contributed by atoms with Gasteiger partial charge >= 0.3 is 81.4 Å². The molecule has 5 aromatic rings. The molecule has 5 aromatic carbocycles. The minimum Gasteiger partial charge on any atom is -0.744 e. The molecular formula is C29H19Li4N3O17S5. The number of nitrogens with zero attached hydrogens (tertiary/aromatic N) is 2. The molecule has 0 atom stereocenters. The fourth-order valence-electron chi connectivity index (χ4n) is 4.66. The van der Waals surface area contributed by atoms with Crippen LogP contribution in [0.1, 0.15) is 10.4 Å². The molecule has 0 fully saturated rings. The first-order valence-electron chi connectivity index (χ1n) is 13.9. The molecule has 1 amide bonds. The Morgan fingerprint density at radius 1 is 0.776 bits per heavy atom. The van der Waals surface area contributed by atoms with Gasteiger partial charge in [-0.15, -0.1) is 10.2 Å². The number of carbonyl (C=O) groups is 2. The quantitative estimate of drug-likeness (QED) is 0.0188. The SMILES string of the molecule is O.O=C(CSOO[O-])OSc1ccc2ccc(N=Nc3c(SOO[O-])cc4cc(S(=O)(=O)[O-])cc(NC(=O)c5ccccc5)c4c3O)c(S(=O)(=O)[O-])c2c1.[Li+].[Li+].[Li+].[Li+]. The summed E-state index contributed by atoms with van der Waals surface area (Å²) in [6.45, 7) is 0. The van der Waals surface area contributed by atoms with Crippen molar-refractivity contribution in [3.8, 4) is 5.75 Å². The number of carbonyl (C=O) groups excluding carboxylic acids is 2. The second kappa shape index (κ2) is 25.0. The van der Waals surface area contributed by atoms with E-state index in [1.165, 1.54) is 36.4 Å². The van der Waals surface area contributed by atoms with Crippen LogP contribution >= 0.6 is 36.1 Å². The topological polar surface area (TPSA) is 329 Å². The molecule has 20 nitrogen and oxygen atoms in total. The third-order valence-electron chi connectivity index (χ3n) is 6.76. The van der Waals surface area contributed by atoms with Crippen molar-refractivity contribution in [2.24, 2.45) is 10.2 Å². The van der Waals surface area contributed by atoms with E-state index in [9.17, 15) is 51.2 Å². The maximum absolute atomic E-state index is 13.1. The summed E-state index contributed by atoms with van der Waals surface area (Å²) in [4.78, 5) is 23.1. The normalized spacial score (nSPS) is 11.0. The first kappa shape index (κ1) is 55.9. The Labute approximate surface area is 389 Å². The standard InChI is InChI=1S/C29H21N3O16S5.4Li.H2O/c33-24(14-49-47-45-36)44-50-18-8-6-15-7-9-21(28(20(15)12-18)53(41,42)43)31-32-26-23(51-48-46-37)11-17-10-19(52(38,39)40)13-22(25(17)27(26)34)30-29(35)16-4-2-1-3-5-16;;;;;/h1-13,34,36-37H,14H2,(H,30,35)(H,38,39,40)(H,41,42,43);;;;;1H2/q;4*+1;/p-4. The maximum atomic E-state index is 13.1. The van der Waals surface area contributed by atoms with Gasteiger partial charge in [0.05, 0.1) is 44.5 Å². The molecule has 0 spiro atoms. The summed E-state index contributed by atoms with van der Waals surface area (Å²) in [6, 6.07) is 16.9. The second-order valence-corrected chi connectivity index (χ2v) is 14.9. The number of amides is 1. The van der Waals surface area contributed by atoms with E-state index >= 15 is 0 Å². The van der Waals surface area contributed by atoms with E-state index in [4.69, 9.17) is 4.18 Å². The van der Waals surface area contributed by atoms with Crippen LogP contribution in [0, 0.1) is 0 Å². The summed E-state index contributed by atoms with van der Waals surface area (Å²) < 4.78 is 87.1. The van der Waals surface area contributed by atoms with E-state index in [-0.39, 0.29) is 136 Å². The van der Waals surface area contributed by atoms with Crippen LogP contribution in [0.5, 0.6) is 5.75 Å². The zero-order valence-corrected chi connectivity index (χ0v) is 34.3. The summed E-state index contributed by atoms with van der Waals surface area (Å²) >= 11 is 0.993. The second-order valence-electron chi connectivity index (χ2n) is 10.0. The molecule has 286 valence electrons. The minimum absolute atomic E-state index is 0. The number of rotatable bonds is 15. The molecule has 0 radical (unpaired) electrons. The molecule has 0 saturated heterocycles. The number of azo groups is 1. The summed E-state index contributed by atoms with van der Waals surface area (Å²) in [5.41, 5.74) is -1.35. The molecule has 29 heteroatoms. The van der Waals surface area contributed by atoms with Gasteiger partial charge in [-0.2, -0.15) is 8.67 Å². The number of hydrogen-bond acceptors (Lipinski definition) is 21. The molecule has 0 saturated carbocycles. The summed E-state index contributed by atoms with van der Waals surface area (Å²) in [7, 11) is -10.5. The van der Waals surface area contributed by atoms with Gasteiger partial charge in [0.2, 0.25) is 0 Å². The van der Waals surface area contributed by atoms with Gasteiger partial charge < -0.3 is 39.7 Å². The molecule has 58 heavy (non-hydrogen) atoms. The molecule has 0 aliphatic rings. The number of benzene rings is 5. The Balaban J connectivity index is 0.00000650. The largest absolute Gasteiger partial charge is 1.00 e. The van der Waals surface area contributed by atoms with E-state index in [0.717, 1.165) is 24.3 Å². The van der Waals surface area contributed by atoms with E-state index in [1.54, 1.807) is 18.2 Å². The van der Waals surface area contributed by atoms with Gasteiger partial charge in [-0.1, -0.05) is 30.3 Å². The van der Waals surface area contributed by atoms with Crippen molar-refractivity contribution >= 4 is 107 Å². The van der Waals surface area contributed by atoms with Gasteiger partial charge in [0, 0.05) is 33.3 Å². The number of phenols is 1. The van der Waals surface area contributed by atoms with E-state index < -0.39 is 64.8 Å². The minimum atomic E-state index is -5.33. The number of hydrogen-bond donors (Lipinski definition) is 2. The third kappa shape index (κ3) is 14.3. The summed E-state index contributed by atoms with van der Waals surface area (Å²) in [5.74, 6) is -2.91. The summed E-state index contributed by atoms with van der Waals surface area (Å²) in [5, 5.41) is 48.4. The molecule has 0 aliphatic carbocycles. The first-order valence-corrected chi connectivity index (χ1v) is 19.1. The molecule has 4 N–H and O–H groups in total. The van der Waals surface area contributed by atoms with Crippen LogP contribution in [0.4, 0.5) is 17.1 Å². The maximum Gasteiger partial charge on any atom is 1.00 e. The van der Waals surface area contributed by atoms with Gasteiger partial charge in [0.25, 0.3) is 5.91 Å². The molecule has 0 aliphatic heterocycles. The molecule has 0 unspecified atom stereocenters. The van der Waals surface area contributed by atoms with Crippen molar-refractivity contribution in [2.45, 2.75) is 19.6 Å². The Hall–Kier alpha value is -2.06. The van der Waals surface area contributed by atoms with Crippen molar-refractivity contribution in [3.05, 3.63) is 84.4 Å². The van der Waals surface area contributed by atoms with Gasteiger partial charge in [0.1, 0.15) is 37.4 Å². The number of phenolic OH excluding ortho intramolecular Hbond substituents is 1. The van der Waals surface area contributed by atoms with E-state index in [0.29, 0.717) is 24.1 Å². The average molecular weight is 870 g/mol. The first-order chi connectivity index (χ1) is 25.2. The van der Waals surface area contributed by atoms with Crippen LogP contribution in [0.15, 0.2) is 109 Å². The average Bonchev–Trinajstić information content (AvgIpc) is 3.11. The van der Waals surface area contributed by atoms with Crippen LogP contribution in [0.3, 0.4) is 0 Å². The zero-order chi connectivity index (χ0) is 38.3. The van der Waals surface area contributed by atoms with Crippen molar-refractivity contribution in [2.75, 3.05) is 11.1 Å². The van der Waals surface area contributed by atoms with Crippen molar-refractivity contribution < 1.29 is 155 Å². The number of anilines is 1. The number of fused-ring (bicyclic) bond motifs is 2. The predicted molar refractivity (Wildman–Crippen MR) is 182 cm³/mol. The van der Waals surface area contributed by atoms with E-state index in [2.05, 4.69) is 34.3 Å².